The molecule has 5 nitrogen and oxygen atoms in total. The molecule has 0 aliphatic carbocycles. The minimum Gasteiger partial charge on any atom is -0.508 e. The van der Waals surface area contributed by atoms with E-state index in [0.29, 0.717) is 33.8 Å². The molecule has 1 spiro atoms. The van der Waals surface area contributed by atoms with Crippen LogP contribution >= 0.6 is 9.24 Å². The van der Waals surface area contributed by atoms with Gasteiger partial charge in [0, 0.05) is 28.8 Å². The fourth-order valence-corrected chi connectivity index (χ4v) is 3.99. The van der Waals surface area contributed by atoms with Crippen LogP contribution in [0.2, 0.25) is 0 Å². The zero-order valence-electron chi connectivity index (χ0n) is 13.4. The van der Waals surface area contributed by atoms with Gasteiger partial charge in [-0.2, -0.15) is 0 Å². The lowest BCUT2D eigenvalue weighted by Gasteiger charge is -2.36. The third-order valence-corrected chi connectivity index (χ3v) is 5.16. The molecule has 0 bridgehead atoms. The van der Waals surface area contributed by atoms with Gasteiger partial charge in [-0.1, -0.05) is 12.1 Å². The molecule has 2 N–H and O–H groups in total. The molecule has 0 amide bonds. The van der Waals surface area contributed by atoms with Crippen molar-refractivity contribution >= 4 is 20.5 Å². The maximum Gasteiger partial charge on any atom is 0.340 e. The number of benzene rings is 3. The van der Waals surface area contributed by atoms with Gasteiger partial charge in [0.05, 0.1) is 5.56 Å². The average Bonchev–Trinajstić information content (AvgIpc) is 2.87. The summed E-state index contributed by atoms with van der Waals surface area (Å²) < 4.78 is 11.8. The molecule has 3 aromatic rings. The summed E-state index contributed by atoms with van der Waals surface area (Å²) in [6, 6.07) is 14.9. The maximum atomic E-state index is 12.7. The second-order valence-electron chi connectivity index (χ2n) is 6.34. The van der Waals surface area contributed by atoms with E-state index in [0.717, 1.165) is 5.30 Å². The quantitative estimate of drug-likeness (QED) is 0.473. The van der Waals surface area contributed by atoms with Crippen LogP contribution < -0.4 is 10.0 Å². The summed E-state index contributed by atoms with van der Waals surface area (Å²) in [4.78, 5) is 12.7. The van der Waals surface area contributed by atoms with Gasteiger partial charge in [0.2, 0.25) is 0 Å². The molecule has 0 saturated carbocycles. The first kappa shape index (κ1) is 15.2. The molecular formula is C20H13O5P. The molecule has 0 fully saturated rings. The van der Waals surface area contributed by atoms with E-state index in [4.69, 9.17) is 9.47 Å². The minimum absolute atomic E-state index is 0.0346. The number of aromatic hydroxyl groups is 2. The Hall–Kier alpha value is -3.04. The van der Waals surface area contributed by atoms with Gasteiger partial charge >= 0.3 is 5.97 Å². The first-order valence-electron chi connectivity index (χ1n) is 7.97. The fraction of sp³-hybridized carbons (Fsp3) is 0.0500. The van der Waals surface area contributed by atoms with Crippen molar-refractivity contribution in [2.24, 2.45) is 0 Å². The van der Waals surface area contributed by atoms with Crippen molar-refractivity contribution < 1.29 is 24.5 Å². The van der Waals surface area contributed by atoms with Gasteiger partial charge in [-0.05, 0) is 35.6 Å². The van der Waals surface area contributed by atoms with Crippen molar-refractivity contribution in [2.75, 3.05) is 0 Å². The van der Waals surface area contributed by atoms with Crippen molar-refractivity contribution in [3.8, 4) is 23.0 Å². The van der Waals surface area contributed by atoms with E-state index in [9.17, 15) is 15.0 Å². The lowest BCUT2D eigenvalue weighted by molar-refractivity contribution is 0.0224. The Labute approximate surface area is 151 Å². The minimum atomic E-state index is -1.19. The Balaban J connectivity index is 1.90. The highest BCUT2D eigenvalue weighted by Crippen LogP contribution is 2.56. The molecule has 0 aromatic heterocycles. The van der Waals surface area contributed by atoms with Crippen LogP contribution in [0.15, 0.2) is 54.6 Å². The van der Waals surface area contributed by atoms with Crippen LogP contribution in [0.3, 0.4) is 0 Å². The zero-order valence-corrected chi connectivity index (χ0v) is 14.5. The first-order chi connectivity index (χ1) is 12.5. The third-order valence-electron chi connectivity index (χ3n) is 4.80. The molecule has 2 aliphatic heterocycles. The summed E-state index contributed by atoms with van der Waals surface area (Å²) in [5, 5.41) is 20.6. The SMILES string of the molecule is O=C1OC2(c3ccc(O)cc3Oc3cc(O)ccc32)c2ccc(P)cc21. The van der Waals surface area contributed by atoms with Crippen molar-refractivity contribution in [1.29, 1.82) is 0 Å². The number of esters is 1. The number of carbonyl (C=O) groups excluding carboxylic acids is 1. The van der Waals surface area contributed by atoms with E-state index in [1.807, 2.05) is 12.1 Å². The lowest BCUT2D eigenvalue weighted by atomic mass is 9.77. The lowest BCUT2D eigenvalue weighted by Crippen LogP contribution is -2.32. The molecule has 0 radical (unpaired) electrons. The number of phenolic OH excluding ortho intramolecular Hbond substituents is 2. The van der Waals surface area contributed by atoms with Gasteiger partial charge in [-0.3, -0.25) is 0 Å². The first-order valence-corrected chi connectivity index (χ1v) is 8.55. The van der Waals surface area contributed by atoms with Crippen LogP contribution in [0.25, 0.3) is 0 Å². The number of phenols is 2. The summed E-state index contributed by atoms with van der Waals surface area (Å²) in [7, 11) is 2.57. The van der Waals surface area contributed by atoms with Crippen molar-refractivity contribution in [1.82, 2.24) is 0 Å². The molecule has 6 heteroatoms. The summed E-state index contributed by atoms with van der Waals surface area (Å²) >= 11 is 0. The third kappa shape index (κ3) is 1.86. The molecule has 1 unspecified atom stereocenters. The number of hydrogen-bond acceptors (Lipinski definition) is 5. The number of hydrogen-bond donors (Lipinski definition) is 2. The van der Waals surface area contributed by atoms with Crippen LogP contribution in [0.4, 0.5) is 0 Å². The molecule has 5 rings (SSSR count). The summed E-state index contributed by atoms with van der Waals surface area (Å²) in [5.74, 6) is 0.390. The number of carbonyl (C=O) groups is 1. The second-order valence-corrected chi connectivity index (χ2v) is 7.01. The van der Waals surface area contributed by atoms with E-state index in [-0.39, 0.29) is 11.5 Å². The molecule has 2 aliphatic rings. The highest BCUT2D eigenvalue weighted by Gasteiger charge is 2.53. The smallest absolute Gasteiger partial charge is 0.340 e. The van der Waals surface area contributed by atoms with E-state index < -0.39 is 11.6 Å². The van der Waals surface area contributed by atoms with Crippen LogP contribution in [0.5, 0.6) is 23.0 Å². The molecule has 2 heterocycles. The van der Waals surface area contributed by atoms with Crippen LogP contribution in [0.1, 0.15) is 27.0 Å². The van der Waals surface area contributed by atoms with Gasteiger partial charge in [0.25, 0.3) is 0 Å². The van der Waals surface area contributed by atoms with Gasteiger partial charge in [-0.15, -0.1) is 9.24 Å². The van der Waals surface area contributed by atoms with E-state index >= 15 is 0 Å². The van der Waals surface area contributed by atoms with Crippen LogP contribution in [0, 0.1) is 0 Å². The second kappa shape index (κ2) is 4.99. The van der Waals surface area contributed by atoms with Gasteiger partial charge in [-0.25, -0.2) is 4.79 Å². The Morgan fingerprint density at radius 1 is 0.808 bits per heavy atom. The normalized spacial score (nSPS) is 15.7. The van der Waals surface area contributed by atoms with Gasteiger partial charge in [0.1, 0.15) is 23.0 Å². The molecule has 3 aromatic carbocycles. The predicted octanol–water partition coefficient (Wildman–Crippen LogP) is 3.17. The fourth-order valence-electron chi connectivity index (χ4n) is 3.72. The summed E-state index contributed by atoms with van der Waals surface area (Å²) in [6.07, 6.45) is 0. The number of rotatable bonds is 0. The molecule has 1 atom stereocenters. The monoisotopic (exact) mass is 364 g/mol. The highest BCUT2D eigenvalue weighted by atomic mass is 31.0. The number of fused-ring (bicyclic) bond motifs is 6. The Kier molecular flexibility index (Phi) is 2.92. The highest BCUT2D eigenvalue weighted by molar-refractivity contribution is 7.27. The molecular weight excluding hydrogens is 351 g/mol. The van der Waals surface area contributed by atoms with Crippen LogP contribution in [-0.2, 0) is 10.3 Å². The van der Waals surface area contributed by atoms with Gasteiger partial charge < -0.3 is 19.7 Å². The van der Waals surface area contributed by atoms with Crippen molar-refractivity contribution in [2.45, 2.75) is 5.60 Å². The van der Waals surface area contributed by atoms with Crippen LogP contribution in [-0.4, -0.2) is 16.2 Å². The van der Waals surface area contributed by atoms with Crippen molar-refractivity contribution in [3.05, 3.63) is 76.9 Å². The average molecular weight is 364 g/mol. The summed E-state index contributed by atoms with van der Waals surface area (Å²) in [5.41, 5.74) is 1.25. The standard InChI is InChI=1S/C20H13O5P/c21-10-1-4-15-17(7-10)24-18-8-11(22)2-5-16(18)20(15)14-6-3-12(26)9-13(14)19(23)25-20/h1-9,21-22H,26H2. The molecule has 26 heavy (non-hydrogen) atoms. The largest absolute Gasteiger partial charge is 0.508 e. The van der Waals surface area contributed by atoms with E-state index in [1.165, 1.54) is 24.3 Å². The van der Waals surface area contributed by atoms with Crippen molar-refractivity contribution in [3.63, 3.8) is 0 Å². The number of ether oxygens (including phenoxy) is 2. The Bertz CT molecular complexity index is 1050. The molecule has 0 saturated heterocycles. The summed E-state index contributed by atoms with van der Waals surface area (Å²) in [6.45, 7) is 0. The molecule has 128 valence electrons. The Morgan fingerprint density at radius 3 is 2.00 bits per heavy atom. The Morgan fingerprint density at radius 2 is 1.38 bits per heavy atom. The van der Waals surface area contributed by atoms with E-state index in [1.54, 1.807) is 18.2 Å². The predicted molar refractivity (Wildman–Crippen MR) is 97.4 cm³/mol. The van der Waals surface area contributed by atoms with Gasteiger partial charge in [0.15, 0.2) is 5.60 Å². The topological polar surface area (TPSA) is 76.0 Å². The maximum absolute atomic E-state index is 12.7. The van der Waals surface area contributed by atoms with E-state index in [2.05, 4.69) is 9.24 Å². The zero-order chi connectivity index (χ0) is 18.1.